The van der Waals surface area contributed by atoms with Crippen LogP contribution < -0.4 is 5.32 Å². The first kappa shape index (κ1) is 16.5. The van der Waals surface area contributed by atoms with Gasteiger partial charge in [0.15, 0.2) is 0 Å². The number of rotatable bonds is 4. The number of aliphatic carboxylic acids is 1. The molecule has 0 aromatic carbocycles. The molecule has 0 saturated heterocycles. The number of hydrogen-bond donors (Lipinski definition) is 2. The molecule has 2 atom stereocenters. The molecule has 1 saturated carbocycles. The van der Waals surface area contributed by atoms with E-state index in [9.17, 15) is 14.7 Å². The molecular weight excluding hydrogens is 328 g/mol. The van der Waals surface area contributed by atoms with Gasteiger partial charge in [-0.3, -0.25) is 19.6 Å². The Balaban J connectivity index is 1.72. The Hall–Kier alpha value is -2.35. The van der Waals surface area contributed by atoms with Gasteiger partial charge in [0.25, 0.3) is 5.91 Å². The zero-order valence-corrected chi connectivity index (χ0v) is 13.8. The van der Waals surface area contributed by atoms with Crippen LogP contribution >= 0.6 is 11.3 Å². The lowest BCUT2D eigenvalue weighted by atomic mass is 9.95. The van der Waals surface area contributed by atoms with Crippen LogP contribution in [-0.2, 0) is 4.79 Å². The van der Waals surface area contributed by atoms with Crippen molar-refractivity contribution in [3.63, 3.8) is 0 Å². The lowest BCUT2D eigenvalue weighted by Crippen LogP contribution is -2.42. The number of nitrogens with one attached hydrogen (secondary N) is 1. The summed E-state index contributed by atoms with van der Waals surface area (Å²) in [6, 6.07) is -0.348. The number of aromatic nitrogens is 3. The lowest BCUT2D eigenvalue weighted by Gasteiger charge is -2.22. The first-order chi connectivity index (χ1) is 11.6. The summed E-state index contributed by atoms with van der Waals surface area (Å²) >= 11 is 1.31. The van der Waals surface area contributed by atoms with Crippen LogP contribution in [0.25, 0.3) is 10.7 Å². The Morgan fingerprint density at radius 3 is 2.79 bits per heavy atom. The summed E-state index contributed by atoms with van der Waals surface area (Å²) in [5, 5.41) is 14.5. The van der Waals surface area contributed by atoms with E-state index in [1.54, 1.807) is 24.0 Å². The summed E-state index contributed by atoms with van der Waals surface area (Å²) in [7, 11) is 0. The van der Waals surface area contributed by atoms with Crippen molar-refractivity contribution in [2.24, 2.45) is 5.92 Å². The minimum Gasteiger partial charge on any atom is -0.481 e. The van der Waals surface area contributed by atoms with Gasteiger partial charge in [0.05, 0.1) is 12.1 Å². The molecule has 1 aliphatic rings. The van der Waals surface area contributed by atoms with Gasteiger partial charge in [0.2, 0.25) is 0 Å². The van der Waals surface area contributed by atoms with Crippen LogP contribution in [0.3, 0.4) is 0 Å². The fraction of sp³-hybridized carbons (Fsp3) is 0.438. The summed E-state index contributed by atoms with van der Waals surface area (Å²) in [4.78, 5) is 36.3. The minimum atomic E-state index is -0.847. The van der Waals surface area contributed by atoms with Crippen LogP contribution in [0.1, 0.15) is 42.6 Å². The molecule has 2 heterocycles. The molecule has 1 aliphatic carbocycles. The van der Waals surface area contributed by atoms with Crippen LogP contribution in [0.4, 0.5) is 0 Å². The summed E-state index contributed by atoms with van der Waals surface area (Å²) < 4.78 is 0. The number of carbonyl (C=O) groups excluding carboxylic acids is 1. The Kier molecular flexibility index (Phi) is 5.14. The molecule has 126 valence electrons. The first-order valence-electron chi connectivity index (χ1n) is 7.90. The van der Waals surface area contributed by atoms with Crippen molar-refractivity contribution in [2.45, 2.75) is 38.1 Å². The quantitative estimate of drug-likeness (QED) is 0.824. The van der Waals surface area contributed by atoms with Gasteiger partial charge in [-0.05, 0) is 12.8 Å². The van der Waals surface area contributed by atoms with E-state index in [0.29, 0.717) is 23.5 Å². The zero-order valence-electron chi connectivity index (χ0n) is 13.0. The van der Waals surface area contributed by atoms with Gasteiger partial charge in [0.1, 0.15) is 16.4 Å². The van der Waals surface area contributed by atoms with Gasteiger partial charge >= 0.3 is 5.97 Å². The predicted octanol–water partition coefficient (Wildman–Crippen LogP) is 2.36. The maximum atomic E-state index is 12.4. The highest BCUT2D eigenvalue weighted by Gasteiger charge is 2.31. The molecule has 0 unspecified atom stereocenters. The summed E-state index contributed by atoms with van der Waals surface area (Å²) in [6.45, 7) is 0. The molecule has 1 amide bonds. The second kappa shape index (κ2) is 7.48. The topological polar surface area (TPSA) is 105 Å². The van der Waals surface area contributed by atoms with Crippen molar-refractivity contribution in [3.05, 3.63) is 29.7 Å². The highest BCUT2D eigenvalue weighted by Crippen LogP contribution is 2.25. The second-order valence-corrected chi connectivity index (χ2v) is 6.65. The molecule has 2 N–H and O–H groups in total. The van der Waals surface area contributed by atoms with Gasteiger partial charge in [0, 0.05) is 23.8 Å². The van der Waals surface area contributed by atoms with Crippen molar-refractivity contribution in [1.29, 1.82) is 0 Å². The van der Waals surface area contributed by atoms with E-state index >= 15 is 0 Å². The summed E-state index contributed by atoms with van der Waals surface area (Å²) in [5.74, 6) is -1.71. The van der Waals surface area contributed by atoms with Crippen molar-refractivity contribution in [2.75, 3.05) is 0 Å². The number of carboxylic acid groups (broad SMARTS) is 1. The van der Waals surface area contributed by atoms with E-state index in [2.05, 4.69) is 20.3 Å². The largest absolute Gasteiger partial charge is 0.481 e. The van der Waals surface area contributed by atoms with Gasteiger partial charge in [-0.2, -0.15) is 0 Å². The molecule has 2 aromatic heterocycles. The smallest absolute Gasteiger partial charge is 0.308 e. The highest BCUT2D eigenvalue weighted by molar-refractivity contribution is 7.13. The minimum absolute atomic E-state index is 0.286. The molecule has 8 heteroatoms. The fourth-order valence-electron chi connectivity index (χ4n) is 2.92. The Labute approximate surface area is 143 Å². The number of thiazole rings is 1. The molecule has 0 bridgehead atoms. The number of amides is 1. The van der Waals surface area contributed by atoms with Crippen LogP contribution in [-0.4, -0.2) is 38.0 Å². The number of hydrogen-bond acceptors (Lipinski definition) is 6. The third-order valence-electron chi connectivity index (χ3n) is 4.17. The second-order valence-electron chi connectivity index (χ2n) is 5.79. The maximum absolute atomic E-state index is 12.4. The molecule has 2 aromatic rings. The Morgan fingerprint density at radius 1 is 1.21 bits per heavy atom. The van der Waals surface area contributed by atoms with E-state index in [1.165, 1.54) is 11.3 Å². The molecule has 7 nitrogen and oxygen atoms in total. The van der Waals surface area contributed by atoms with Gasteiger partial charge in [-0.15, -0.1) is 11.3 Å². The van der Waals surface area contributed by atoms with Crippen LogP contribution in [0, 0.1) is 5.92 Å². The van der Waals surface area contributed by atoms with E-state index in [1.807, 2.05) is 0 Å². The normalized spacial score (nSPS) is 21.0. The molecule has 0 aliphatic heterocycles. The SMILES string of the molecule is O=C(N[C@H]1CCCCC[C@H]1C(=O)O)c1csc(-c2cnccn2)n1. The molecule has 1 fully saturated rings. The van der Waals surface area contributed by atoms with Crippen LogP contribution in [0.15, 0.2) is 24.0 Å². The lowest BCUT2D eigenvalue weighted by molar-refractivity contribution is -0.142. The van der Waals surface area contributed by atoms with Gasteiger partial charge in [-0.1, -0.05) is 19.3 Å². The van der Waals surface area contributed by atoms with E-state index in [0.717, 1.165) is 19.3 Å². The highest BCUT2D eigenvalue weighted by atomic mass is 32.1. The van der Waals surface area contributed by atoms with Crippen LogP contribution in [0.5, 0.6) is 0 Å². The summed E-state index contributed by atoms with van der Waals surface area (Å²) in [6.07, 6.45) is 8.83. The standard InChI is InChI=1S/C16H18N4O3S/c21-14(19-11-5-3-1-2-4-10(11)16(22)23)13-9-24-15(20-13)12-8-17-6-7-18-12/h6-11H,1-5H2,(H,19,21)(H,22,23)/t10-,11+/m1/s1. The molecular formula is C16H18N4O3S. The number of carbonyl (C=O) groups is 2. The van der Waals surface area contributed by atoms with E-state index < -0.39 is 11.9 Å². The third kappa shape index (κ3) is 3.76. The van der Waals surface area contributed by atoms with E-state index in [-0.39, 0.29) is 17.6 Å². The van der Waals surface area contributed by atoms with Gasteiger partial charge < -0.3 is 10.4 Å². The van der Waals surface area contributed by atoms with Gasteiger partial charge in [-0.25, -0.2) is 4.98 Å². The number of nitrogens with zero attached hydrogens (tertiary/aromatic N) is 3. The Morgan fingerprint density at radius 2 is 2.04 bits per heavy atom. The molecule has 24 heavy (non-hydrogen) atoms. The van der Waals surface area contributed by atoms with Crippen molar-refractivity contribution in [1.82, 2.24) is 20.3 Å². The van der Waals surface area contributed by atoms with Crippen molar-refractivity contribution < 1.29 is 14.7 Å². The average molecular weight is 346 g/mol. The average Bonchev–Trinajstić information content (AvgIpc) is 2.97. The Bertz CT molecular complexity index is 719. The molecule has 3 rings (SSSR count). The predicted molar refractivity (Wildman–Crippen MR) is 88.6 cm³/mol. The third-order valence-corrected chi connectivity index (χ3v) is 5.03. The summed E-state index contributed by atoms with van der Waals surface area (Å²) in [5.41, 5.74) is 0.897. The fourth-order valence-corrected chi connectivity index (χ4v) is 3.68. The molecule has 0 radical (unpaired) electrons. The monoisotopic (exact) mass is 346 g/mol. The first-order valence-corrected chi connectivity index (χ1v) is 8.78. The van der Waals surface area contributed by atoms with Crippen LogP contribution in [0.2, 0.25) is 0 Å². The van der Waals surface area contributed by atoms with E-state index in [4.69, 9.17) is 0 Å². The number of carboxylic acids is 1. The maximum Gasteiger partial charge on any atom is 0.308 e. The molecule has 0 spiro atoms. The zero-order chi connectivity index (χ0) is 16.9. The van der Waals surface area contributed by atoms with Crippen molar-refractivity contribution >= 4 is 23.2 Å². The van der Waals surface area contributed by atoms with Crippen molar-refractivity contribution in [3.8, 4) is 10.7 Å².